The van der Waals surface area contributed by atoms with Crippen LogP contribution in [0.1, 0.15) is 12.5 Å². The summed E-state index contributed by atoms with van der Waals surface area (Å²) < 4.78 is 0. The predicted molar refractivity (Wildman–Crippen MR) is 92.7 cm³/mol. The number of anilines is 3. The summed E-state index contributed by atoms with van der Waals surface area (Å²) in [5, 5.41) is 3.33. The Bertz CT molecular complexity index is 731. The second-order valence-electron chi connectivity index (χ2n) is 5.03. The zero-order valence-electron chi connectivity index (χ0n) is 13.1. The Balaban J connectivity index is 1.76. The highest BCUT2D eigenvalue weighted by molar-refractivity contribution is 5.58. The molecule has 0 bridgehead atoms. The third kappa shape index (κ3) is 3.83. The number of nitrogens with zero attached hydrogens (tertiary/aromatic N) is 4. The number of nitrogens with one attached hydrogen (secondary N) is 1. The molecule has 0 aliphatic rings. The smallest absolute Gasteiger partial charge is 0.231 e. The monoisotopic (exact) mass is 305 g/mol. The molecular weight excluding hydrogens is 286 g/mol. The van der Waals surface area contributed by atoms with Gasteiger partial charge in [-0.3, -0.25) is 4.98 Å². The summed E-state index contributed by atoms with van der Waals surface area (Å²) in [5.41, 5.74) is 2.25. The van der Waals surface area contributed by atoms with Crippen molar-refractivity contribution >= 4 is 17.5 Å². The maximum atomic E-state index is 4.62. The van der Waals surface area contributed by atoms with Gasteiger partial charge in [-0.1, -0.05) is 18.2 Å². The van der Waals surface area contributed by atoms with Crippen LogP contribution in [0.4, 0.5) is 17.5 Å². The number of para-hydroxylation sites is 1. The van der Waals surface area contributed by atoms with Crippen LogP contribution in [-0.2, 0) is 6.54 Å². The van der Waals surface area contributed by atoms with Crippen LogP contribution < -0.4 is 10.2 Å². The molecule has 1 aromatic carbocycles. The third-order valence-electron chi connectivity index (χ3n) is 3.49. The van der Waals surface area contributed by atoms with Crippen LogP contribution in [-0.4, -0.2) is 21.5 Å². The molecule has 0 atom stereocenters. The maximum Gasteiger partial charge on any atom is 0.231 e. The van der Waals surface area contributed by atoms with Crippen molar-refractivity contribution in [1.29, 1.82) is 0 Å². The summed E-state index contributed by atoms with van der Waals surface area (Å²) in [6.07, 6.45) is 5.36. The minimum atomic E-state index is 0.693. The van der Waals surface area contributed by atoms with Crippen LogP contribution in [0.3, 0.4) is 0 Å². The van der Waals surface area contributed by atoms with Crippen LogP contribution in [0.15, 0.2) is 67.1 Å². The molecule has 5 nitrogen and oxygen atoms in total. The van der Waals surface area contributed by atoms with Gasteiger partial charge in [0.05, 0.1) is 0 Å². The molecule has 0 unspecified atom stereocenters. The lowest BCUT2D eigenvalue weighted by molar-refractivity contribution is 0.942. The number of hydrogen-bond acceptors (Lipinski definition) is 5. The fraction of sp³-hybridized carbons (Fsp3) is 0.167. The number of rotatable bonds is 6. The van der Waals surface area contributed by atoms with Crippen molar-refractivity contribution in [2.24, 2.45) is 0 Å². The molecule has 3 rings (SSSR count). The van der Waals surface area contributed by atoms with E-state index in [1.807, 2.05) is 36.4 Å². The van der Waals surface area contributed by atoms with Crippen LogP contribution in [0.25, 0.3) is 0 Å². The Morgan fingerprint density at radius 2 is 1.74 bits per heavy atom. The number of benzene rings is 1. The van der Waals surface area contributed by atoms with E-state index in [4.69, 9.17) is 0 Å². The molecular formula is C18H19N5. The predicted octanol–water partition coefficient (Wildman–Crippen LogP) is 3.64. The first-order valence-corrected chi connectivity index (χ1v) is 7.65. The molecule has 2 heterocycles. The summed E-state index contributed by atoms with van der Waals surface area (Å²) in [6, 6.07) is 16.0. The minimum absolute atomic E-state index is 0.693. The first-order valence-electron chi connectivity index (χ1n) is 7.65. The maximum absolute atomic E-state index is 4.62. The van der Waals surface area contributed by atoms with Crippen molar-refractivity contribution in [3.63, 3.8) is 0 Å². The van der Waals surface area contributed by atoms with E-state index in [2.05, 4.69) is 44.2 Å². The quantitative estimate of drug-likeness (QED) is 0.753. The van der Waals surface area contributed by atoms with E-state index in [0.29, 0.717) is 12.5 Å². The topological polar surface area (TPSA) is 53.9 Å². The first-order chi connectivity index (χ1) is 11.4. The van der Waals surface area contributed by atoms with E-state index in [0.717, 1.165) is 23.6 Å². The molecule has 3 aromatic rings. The molecule has 23 heavy (non-hydrogen) atoms. The summed E-state index contributed by atoms with van der Waals surface area (Å²) >= 11 is 0. The van der Waals surface area contributed by atoms with Crippen molar-refractivity contribution in [1.82, 2.24) is 15.0 Å². The third-order valence-corrected chi connectivity index (χ3v) is 3.49. The van der Waals surface area contributed by atoms with Crippen LogP contribution in [0.2, 0.25) is 0 Å². The number of pyridine rings is 1. The lowest BCUT2D eigenvalue weighted by Gasteiger charge is -2.21. The van der Waals surface area contributed by atoms with Crippen molar-refractivity contribution < 1.29 is 0 Å². The standard InChI is InChI=1S/C18H19N5/c1-2-23(16-6-4-3-5-7-16)18-20-13-10-17(22-18)21-14-15-8-11-19-12-9-15/h3-13H,2,14H2,1H3,(H,20,21,22). The van der Waals surface area contributed by atoms with Crippen LogP contribution in [0, 0.1) is 0 Å². The van der Waals surface area contributed by atoms with Gasteiger partial charge in [0.25, 0.3) is 0 Å². The van der Waals surface area contributed by atoms with Gasteiger partial charge in [0.15, 0.2) is 0 Å². The second kappa shape index (κ2) is 7.35. The average Bonchev–Trinajstić information content (AvgIpc) is 2.63. The summed E-state index contributed by atoms with van der Waals surface area (Å²) in [5.74, 6) is 1.50. The number of hydrogen-bond donors (Lipinski definition) is 1. The highest BCUT2D eigenvalue weighted by Gasteiger charge is 2.10. The van der Waals surface area contributed by atoms with Gasteiger partial charge in [-0.2, -0.15) is 4.98 Å². The lowest BCUT2D eigenvalue weighted by Crippen LogP contribution is -2.19. The van der Waals surface area contributed by atoms with Gasteiger partial charge in [-0.05, 0) is 42.8 Å². The summed E-state index contributed by atoms with van der Waals surface area (Å²) in [4.78, 5) is 15.1. The van der Waals surface area contributed by atoms with E-state index in [1.54, 1.807) is 18.6 Å². The van der Waals surface area contributed by atoms with Gasteiger partial charge in [0.1, 0.15) is 5.82 Å². The molecule has 0 aliphatic heterocycles. The largest absolute Gasteiger partial charge is 0.366 e. The average molecular weight is 305 g/mol. The van der Waals surface area contributed by atoms with Gasteiger partial charge in [-0.25, -0.2) is 4.98 Å². The molecule has 0 saturated carbocycles. The van der Waals surface area contributed by atoms with Gasteiger partial charge in [0, 0.05) is 37.4 Å². The zero-order valence-corrected chi connectivity index (χ0v) is 13.1. The normalized spacial score (nSPS) is 10.3. The lowest BCUT2D eigenvalue weighted by atomic mass is 10.3. The van der Waals surface area contributed by atoms with Crippen molar-refractivity contribution in [3.8, 4) is 0 Å². The van der Waals surface area contributed by atoms with Crippen molar-refractivity contribution in [2.45, 2.75) is 13.5 Å². The second-order valence-corrected chi connectivity index (χ2v) is 5.03. The molecule has 0 spiro atoms. The Morgan fingerprint density at radius 1 is 0.957 bits per heavy atom. The minimum Gasteiger partial charge on any atom is -0.366 e. The highest BCUT2D eigenvalue weighted by Crippen LogP contribution is 2.22. The zero-order chi connectivity index (χ0) is 15.9. The van der Waals surface area contributed by atoms with Crippen LogP contribution >= 0.6 is 0 Å². The van der Waals surface area contributed by atoms with E-state index < -0.39 is 0 Å². The van der Waals surface area contributed by atoms with Gasteiger partial charge in [-0.15, -0.1) is 0 Å². The molecule has 116 valence electrons. The molecule has 0 radical (unpaired) electrons. The molecule has 2 aromatic heterocycles. The first kappa shape index (κ1) is 15.0. The van der Waals surface area contributed by atoms with E-state index in [1.165, 1.54) is 0 Å². The SMILES string of the molecule is CCN(c1ccccc1)c1nccc(NCc2ccncc2)n1. The molecule has 0 amide bonds. The molecule has 5 heteroatoms. The molecule has 1 N–H and O–H groups in total. The molecule has 0 aliphatic carbocycles. The van der Waals surface area contributed by atoms with Crippen LogP contribution in [0.5, 0.6) is 0 Å². The Hall–Kier alpha value is -2.95. The number of aromatic nitrogens is 3. The fourth-order valence-electron chi connectivity index (χ4n) is 2.32. The highest BCUT2D eigenvalue weighted by atomic mass is 15.3. The van der Waals surface area contributed by atoms with Gasteiger partial charge < -0.3 is 10.2 Å². The molecule has 0 saturated heterocycles. The van der Waals surface area contributed by atoms with Crippen molar-refractivity contribution in [2.75, 3.05) is 16.8 Å². The Morgan fingerprint density at radius 3 is 2.48 bits per heavy atom. The Labute approximate surface area is 136 Å². The fourth-order valence-corrected chi connectivity index (χ4v) is 2.32. The van der Waals surface area contributed by atoms with E-state index >= 15 is 0 Å². The van der Waals surface area contributed by atoms with Gasteiger partial charge in [0.2, 0.25) is 5.95 Å². The molecule has 0 fully saturated rings. The van der Waals surface area contributed by atoms with E-state index in [-0.39, 0.29) is 0 Å². The van der Waals surface area contributed by atoms with Gasteiger partial charge >= 0.3 is 0 Å². The Kier molecular flexibility index (Phi) is 4.79. The summed E-state index contributed by atoms with van der Waals surface area (Å²) in [6.45, 7) is 3.60. The van der Waals surface area contributed by atoms with Crippen molar-refractivity contribution in [3.05, 3.63) is 72.7 Å². The van der Waals surface area contributed by atoms with E-state index in [9.17, 15) is 0 Å². The summed E-state index contributed by atoms with van der Waals surface area (Å²) in [7, 11) is 0.